The minimum Gasteiger partial charge on any atom is -0.464 e. The number of carbonyl (C=O) groups is 1. The quantitative estimate of drug-likeness (QED) is 0.713. The van der Waals surface area contributed by atoms with E-state index in [1.54, 1.807) is 24.5 Å². The number of carbonyl (C=O) groups excluding carboxylic acids is 1. The van der Waals surface area contributed by atoms with Crippen LogP contribution in [0.3, 0.4) is 0 Å². The van der Waals surface area contributed by atoms with E-state index in [2.05, 4.69) is 5.32 Å². The number of furan rings is 1. The van der Waals surface area contributed by atoms with Gasteiger partial charge in [-0.15, -0.1) is 0 Å². The second-order valence-corrected chi connectivity index (χ2v) is 6.02. The molecule has 1 aromatic heterocycles. The standard InChI is InChI=1S/C17H13Cl2NO2/c1-10-2-3-15-11(9-22-16(15)4-10)5-17(21)20-14-7-12(18)6-13(19)8-14/h2-4,6-9H,5H2,1H3,(H,20,21). The van der Waals surface area contributed by atoms with E-state index in [0.717, 1.165) is 22.1 Å². The maximum atomic E-state index is 12.2. The van der Waals surface area contributed by atoms with Crippen LogP contribution in [-0.4, -0.2) is 5.91 Å². The van der Waals surface area contributed by atoms with Gasteiger partial charge in [0.25, 0.3) is 0 Å². The molecule has 0 aliphatic carbocycles. The predicted molar refractivity (Wildman–Crippen MR) is 89.7 cm³/mol. The molecule has 0 unspecified atom stereocenters. The number of hydrogen-bond acceptors (Lipinski definition) is 2. The van der Waals surface area contributed by atoms with Gasteiger partial charge in [-0.3, -0.25) is 4.79 Å². The molecule has 0 fully saturated rings. The highest BCUT2D eigenvalue weighted by atomic mass is 35.5. The molecule has 0 aliphatic rings. The highest BCUT2D eigenvalue weighted by molar-refractivity contribution is 6.35. The van der Waals surface area contributed by atoms with E-state index in [0.29, 0.717) is 15.7 Å². The van der Waals surface area contributed by atoms with Gasteiger partial charge in [0.15, 0.2) is 0 Å². The molecule has 0 bridgehead atoms. The summed E-state index contributed by atoms with van der Waals surface area (Å²) in [7, 11) is 0. The van der Waals surface area contributed by atoms with Crippen molar-refractivity contribution in [1.29, 1.82) is 0 Å². The molecule has 1 amide bonds. The Labute approximate surface area is 137 Å². The first-order valence-corrected chi connectivity index (χ1v) is 7.49. The van der Waals surface area contributed by atoms with Gasteiger partial charge < -0.3 is 9.73 Å². The molecule has 0 aliphatic heterocycles. The Morgan fingerprint density at radius 3 is 2.59 bits per heavy atom. The molecule has 3 nitrogen and oxygen atoms in total. The lowest BCUT2D eigenvalue weighted by molar-refractivity contribution is -0.115. The maximum absolute atomic E-state index is 12.2. The molecule has 0 atom stereocenters. The maximum Gasteiger partial charge on any atom is 0.228 e. The minimum absolute atomic E-state index is 0.151. The van der Waals surface area contributed by atoms with Crippen LogP contribution in [0.4, 0.5) is 5.69 Å². The van der Waals surface area contributed by atoms with Gasteiger partial charge in [0.05, 0.1) is 12.7 Å². The number of rotatable bonds is 3. The Balaban J connectivity index is 1.78. The number of benzene rings is 2. The summed E-state index contributed by atoms with van der Waals surface area (Å²) >= 11 is 11.8. The second kappa shape index (κ2) is 6.03. The van der Waals surface area contributed by atoms with Crippen molar-refractivity contribution < 1.29 is 9.21 Å². The van der Waals surface area contributed by atoms with E-state index in [-0.39, 0.29) is 12.3 Å². The Kier molecular flexibility index (Phi) is 4.10. The average molecular weight is 334 g/mol. The number of aryl methyl sites for hydroxylation is 1. The topological polar surface area (TPSA) is 42.2 Å². The summed E-state index contributed by atoms with van der Waals surface area (Å²) < 4.78 is 5.50. The van der Waals surface area contributed by atoms with Crippen LogP contribution in [0.5, 0.6) is 0 Å². The van der Waals surface area contributed by atoms with Crippen LogP contribution >= 0.6 is 23.2 Å². The molecular weight excluding hydrogens is 321 g/mol. The lowest BCUT2D eigenvalue weighted by Gasteiger charge is -2.06. The first-order chi connectivity index (χ1) is 10.5. The summed E-state index contributed by atoms with van der Waals surface area (Å²) in [6.07, 6.45) is 1.84. The van der Waals surface area contributed by atoms with Crippen molar-refractivity contribution in [3.63, 3.8) is 0 Å². The van der Waals surface area contributed by atoms with Gasteiger partial charge in [0.1, 0.15) is 5.58 Å². The van der Waals surface area contributed by atoms with Crippen molar-refractivity contribution in [3.05, 3.63) is 63.8 Å². The van der Waals surface area contributed by atoms with Crippen LogP contribution in [-0.2, 0) is 11.2 Å². The number of fused-ring (bicyclic) bond motifs is 1. The smallest absolute Gasteiger partial charge is 0.228 e. The van der Waals surface area contributed by atoms with Gasteiger partial charge in [-0.2, -0.15) is 0 Å². The zero-order valence-corrected chi connectivity index (χ0v) is 13.3. The summed E-state index contributed by atoms with van der Waals surface area (Å²) in [5.41, 5.74) is 3.33. The van der Waals surface area contributed by atoms with Crippen molar-refractivity contribution in [2.75, 3.05) is 5.32 Å². The summed E-state index contributed by atoms with van der Waals surface area (Å²) in [5, 5.41) is 4.69. The van der Waals surface area contributed by atoms with E-state index >= 15 is 0 Å². The highest BCUT2D eigenvalue weighted by Crippen LogP contribution is 2.25. The van der Waals surface area contributed by atoms with Gasteiger partial charge in [-0.1, -0.05) is 35.3 Å². The number of hydrogen-bond donors (Lipinski definition) is 1. The molecule has 2 aromatic carbocycles. The second-order valence-electron chi connectivity index (χ2n) is 5.14. The van der Waals surface area contributed by atoms with Gasteiger partial charge in [0.2, 0.25) is 5.91 Å². The van der Waals surface area contributed by atoms with Crippen LogP contribution in [0.2, 0.25) is 10.0 Å². The zero-order valence-electron chi connectivity index (χ0n) is 11.8. The molecule has 0 saturated carbocycles. The lowest BCUT2D eigenvalue weighted by Crippen LogP contribution is -2.14. The molecule has 5 heteroatoms. The molecule has 3 rings (SSSR count). The van der Waals surface area contributed by atoms with E-state index in [9.17, 15) is 4.79 Å². The molecule has 1 heterocycles. The Morgan fingerprint density at radius 1 is 1.14 bits per heavy atom. The number of amides is 1. The molecule has 0 saturated heterocycles. The van der Waals surface area contributed by atoms with Crippen LogP contribution in [0.1, 0.15) is 11.1 Å². The van der Waals surface area contributed by atoms with Crippen molar-refractivity contribution in [2.24, 2.45) is 0 Å². The van der Waals surface area contributed by atoms with Crippen molar-refractivity contribution in [1.82, 2.24) is 0 Å². The van der Waals surface area contributed by atoms with E-state index in [1.165, 1.54) is 0 Å². The fraction of sp³-hybridized carbons (Fsp3) is 0.118. The summed E-state index contributed by atoms with van der Waals surface area (Å²) in [4.78, 5) is 12.2. The lowest BCUT2D eigenvalue weighted by atomic mass is 10.1. The van der Waals surface area contributed by atoms with E-state index in [1.807, 2.05) is 25.1 Å². The molecule has 0 spiro atoms. The van der Waals surface area contributed by atoms with Crippen molar-refractivity contribution in [2.45, 2.75) is 13.3 Å². The van der Waals surface area contributed by atoms with Gasteiger partial charge in [-0.25, -0.2) is 0 Å². The monoisotopic (exact) mass is 333 g/mol. The van der Waals surface area contributed by atoms with Crippen LogP contribution < -0.4 is 5.32 Å². The first-order valence-electron chi connectivity index (χ1n) is 6.74. The van der Waals surface area contributed by atoms with Crippen molar-refractivity contribution in [3.8, 4) is 0 Å². The summed E-state index contributed by atoms with van der Waals surface area (Å²) in [6.45, 7) is 2.00. The number of halogens is 2. The number of nitrogens with one attached hydrogen (secondary N) is 1. The molecule has 22 heavy (non-hydrogen) atoms. The average Bonchev–Trinajstić information content (AvgIpc) is 2.79. The van der Waals surface area contributed by atoms with Crippen LogP contribution in [0.15, 0.2) is 47.1 Å². The summed E-state index contributed by atoms with van der Waals surface area (Å²) in [6, 6.07) is 10.8. The van der Waals surface area contributed by atoms with Gasteiger partial charge in [-0.05, 0) is 36.8 Å². The van der Waals surface area contributed by atoms with Gasteiger partial charge >= 0.3 is 0 Å². The predicted octanol–water partition coefficient (Wildman–Crippen LogP) is 5.23. The SMILES string of the molecule is Cc1ccc2c(CC(=O)Nc3cc(Cl)cc(Cl)c3)coc2c1. The molecular formula is C17H13Cl2NO2. The number of anilines is 1. The third kappa shape index (κ3) is 3.26. The summed E-state index contributed by atoms with van der Waals surface area (Å²) in [5.74, 6) is -0.151. The fourth-order valence-corrected chi connectivity index (χ4v) is 2.86. The molecule has 1 N–H and O–H groups in total. The molecule has 0 radical (unpaired) electrons. The Bertz CT molecular complexity index is 835. The molecule has 3 aromatic rings. The highest BCUT2D eigenvalue weighted by Gasteiger charge is 2.11. The Morgan fingerprint density at radius 2 is 1.86 bits per heavy atom. The van der Waals surface area contributed by atoms with Crippen LogP contribution in [0.25, 0.3) is 11.0 Å². The molecule has 112 valence electrons. The first kappa shape index (κ1) is 14.9. The third-order valence-corrected chi connectivity index (χ3v) is 3.74. The third-order valence-electron chi connectivity index (χ3n) is 3.31. The fourth-order valence-electron chi connectivity index (χ4n) is 2.33. The zero-order chi connectivity index (χ0) is 15.7. The van der Waals surface area contributed by atoms with Gasteiger partial charge in [0, 0.05) is 26.7 Å². The largest absolute Gasteiger partial charge is 0.464 e. The Hall–Kier alpha value is -1.97. The normalized spacial score (nSPS) is 10.9. The van der Waals surface area contributed by atoms with Crippen LogP contribution in [0, 0.1) is 6.92 Å². The van der Waals surface area contributed by atoms with E-state index in [4.69, 9.17) is 27.6 Å². The van der Waals surface area contributed by atoms with E-state index < -0.39 is 0 Å². The van der Waals surface area contributed by atoms with Crippen molar-refractivity contribution >= 4 is 45.8 Å². The minimum atomic E-state index is -0.151.